The lowest BCUT2D eigenvalue weighted by molar-refractivity contribution is -0.120. The molecule has 0 saturated heterocycles. The molecule has 0 atom stereocenters. The van der Waals surface area contributed by atoms with Gasteiger partial charge in [-0.3, -0.25) is 4.79 Å². The van der Waals surface area contributed by atoms with E-state index < -0.39 is 9.84 Å². The zero-order chi connectivity index (χ0) is 15.9. The molecule has 0 radical (unpaired) electrons. The van der Waals surface area contributed by atoms with Crippen LogP contribution in [-0.4, -0.2) is 26.6 Å². The lowest BCUT2D eigenvalue weighted by Gasteiger charge is -2.17. The molecule has 0 heterocycles. The highest BCUT2D eigenvalue weighted by Crippen LogP contribution is 2.19. The predicted molar refractivity (Wildman–Crippen MR) is 84.8 cm³/mol. The van der Waals surface area contributed by atoms with Crippen molar-refractivity contribution >= 4 is 15.7 Å². The lowest BCUT2D eigenvalue weighted by Crippen LogP contribution is -2.27. The lowest BCUT2D eigenvalue weighted by atomic mass is 9.91. The molecule has 1 N–H and O–H groups in total. The summed E-state index contributed by atoms with van der Waals surface area (Å²) in [7, 11) is -3.37. The number of sulfone groups is 1. The first-order valence-corrected chi connectivity index (χ1v) is 8.90. The van der Waals surface area contributed by atoms with Crippen LogP contribution in [0.15, 0.2) is 35.2 Å². The molecule has 0 fully saturated rings. The Bertz CT molecular complexity index is 545. The van der Waals surface area contributed by atoms with Crippen molar-refractivity contribution < 1.29 is 13.2 Å². The summed E-state index contributed by atoms with van der Waals surface area (Å²) < 4.78 is 24.0. The Morgan fingerprint density at radius 1 is 1.14 bits per heavy atom. The molecule has 21 heavy (non-hydrogen) atoms. The maximum Gasteiger partial charge on any atom is 0.221 e. The standard InChI is InChI=1S/C16H25NO3S/c1-16(2,3)11-7-12-17-15(18)10-13-21(19,20)14-8-5-4-6-9-14/h4-6,8-9H,7,10-13H2,1-3H3,(H,17,18). The molecule has 1 rings (SSSR count). The van der Waals surface area contributed by atoms with E-state index in [4.69, 9.17) is 0 Å². The topological polar surface area (TPSA) is 63.2 Å². The predicted octanol–water partition coefficient (Wildman–Crippen LogP) is 2.79. The molecule has 0 aliphatic carbocycles. The average Bonchev–Trinajstić information content (AvgIpc) is 2.41. The Hall–Kier alpha value is -1.36. The quantitative estimate of drug-likeness (QED) is 0.788. The van der Waals surface area contributed by atoms with Gasteiger partial charge in [0.1, 0.15) is 0 Å². The second-order valence-electron chi connectivity index (χ2n) is 6.40. The molecular formula is C16H25NO3S. The molecule has 0 aliphatic heterocycles. The summed E-state index contributed by atoms with van der Waals surface area (Å²) in [5.74, 6) is -0.356. The second-order valence-corrected chi connectivity index (χ2v) is 8.51. The van der Waals surface area contributed by atoms with Gasteiger partial charge in [0.25, 0.3) is 0 Å². The maximum absolute atomic E-state index is 12.0. The van der Waals surface area contributed by atoms with Crippen molar-refractivity contribution in [3.05, 3.63) is 30.3 Å². The highest BCUT2D eigenvalue weighted by Gasteiger charge is 2.16. The molecule has 4 nitrogen and oxygen atoms in total. The van der Waals surface area contributed by atoms with Crippen LogP contribution in [0.1, 0.15) is 40.0 Å². The summed E-state index contributed by atoms with van der Waals surface area (Å²) in [6.07, 6.45) is 1.93. The Morgan fingerprint density at radius 3 is 2.33 bits per heavy atom. The summed E-state index contributed by atoms with van der Waals surface area (Å²) in [5, 5.41) is 2.78. The third-order valence-corrected chi connectivity index (χ3v) is 4.86. The van der Waals surface area contributed by atoms with Gasteiger partial charge in [-0.2, -0.15) is 0 Å². The van der Waals surface area contributed by atoms with Gasteiger partial charge in [-0.1, -0.05) is 39.0 Å². The molecule has 0 spiro atoms. The van der Waals surface area contributed by atoms with Gasteiger partial charge in [-0.05, 0) is 30.4 Å². The first kappa shape index (κ1) is 17.7. The van der Waals surface area contributed by atoms with Crippen LogP contribution in [0.2, 0.25) is 0 Å². The van der Waals surface area contributed by atoms with Crippen LogP contribution in [0.25, 0.3) is 0 Å². The Morgan fingerprint density at radius 2 is 1.76 bits per heavy atom. The fraction of sp³-hybridized carbons (Fsp3) is 0.562. The van der Waals surface area contributed by atoms with Gasteiger partial charge in [0.2, 0.25) is 5.91 Å². The fourth-order valence-corrected chi connectivity index (χ4v) is 3.17. The van der Waals surface area contributed by atoms with Gasteiger partial charge in [0.05, 0.1) is 10.6 Å². The van der Waals surface area contributed by atoms with E-state index in [2.05, 4.69) is 26.1 Å². The molecule has 0 aromatic heterocycles. The summed E-state index contributed by atoms with van der Waals surface area (Å²) in [6.45, 7) is 7.06. The van der Waals surface area contributed by atoms with E-state index in [-0.39, 0.29) is 28.4 Å². The molecule has 0 unspecified atom stereocenters. The fourth-order valence-electron chi connectivity index (χ4n) is 1.91. The van der Waals surface area contributed by atoms with Crippen LogP contribution in [0.4, 0.5) is 0 Å². The second kappa shape index (κ2) is 7.59. The molecule has 1 aromatic rings. The molecular weight excluding hydrogens is 286 g/mol. The number of benzene rings is 1. The first-order chi connectivity index (χ1) is 9.71. The van der Waals surface area contributed by atoms with E-state index in [1.54, 1.807) is 30.3 Å². The average molecular weight is 311 g/mol. The number of hydrogen-bond acceptors (Lipinski definition) is 3. The third-order valence-electron chi connectivity index (χ3n) is 3.13. The van der Waals surface area contributed by atoms with Crippen LogP contribution in [-0.2, 0) is 14.6 Å². The van der Waals surface area contributed by atoms with Gasteiger partial charge in [0.15, 0.2) is 9.84 Å². The van der Waals surface area contributed by atoms with Crippen LogP contribution in [0.3, 0.4) is 0 Å². The number of hydrogen-bond donors (Lipinski definition) is 1. The molecule has 1 amide bonds. The summed E-state index contributed by atoms with van der Waals surface area (Å²) in [6, 6.07) is 8.23. The maximum atomic E-state index is 12.0. The van der Waals surface area contributed by atoms with E-state index in [0.717, 1.165) is 12.8 Å². The molecule has 1 aromatic carbocycles. The molecule has 5 heteroatoms. The number of rotatable bonds is 7. The van der Waals surface area contributed by atoms with Crippen molar-refractivity contribution in [1.29, 1.82) is 0 Å². The van der Waals surface area contributed by atoms with Crippen molar-refractivity contribution in [2.45, 2.75) is 44.9 Å². The van der Waals surface area contributed by atoms with Gasteiger partial charge in [-0.25, -0.2) is 8.42 Å². The Balaban J connectivity index is 2.33. The van der Waals surface area contributed by atoms with Crippen LogP contribution >= 0.6 is 0 Å². The van der Waals surface area contributed by atoms with E-state index in [0.29, 0.717) is 6.54 Å². The Labute approximate surface area is 127 Å². The summed E-state index contributed by atoms with van der Waals surface area (Å²) in [5.41, 5.74) is 0.251. The van der Waals surface area contributed by atoms with Gasteiger partial charge in [-0.15, -0.1) is 0 Å². The Kier molecular flexibility index (Phi) is 6.40. The van der Waals surface area contributed by atoms with Gasteiger partial charge >= 0.3 is 0 Å². The minimum atomic E-state index is -3.37. The van der Waals surface area contributed by atoms with E-state index >= 15 is 0 Å². The largest absolute Gasteiger partial charge is 0.356 e. The zero-order valence-electron chi connectivity index (χ0n) is 13.1. The first-order valence-electron chi connectivity index (χ1n) is 7.25. The number of nitrogens with one attached hydrogen (secondary N) is 1. The molecule has 0 saturated carbocycles. The minimum Gasteiger partial charge on any atom is -0.356 e. The summed E-state index contributed by atoms with van der Waals surface area (Å²) >= 11 is 0. The van der Waals surface area contributed by atoms with Crippen molar-refractivity contribution in [3.8, 4) is 0 Å². The molecule has 118 valence electrons. The monoisotopic (exact) mass is 311 g/mol. The normalized spacial score (nSPS) is 12.1. The van der Waals surface area contributed by atoms with Crippen molar-refractivity contribution in [2.75, 3.05) is 12.3 Å². The molecule has 0 aliphatic rings. The van der Waals surface area contributed by atoms with Crippen molar-refractivity contribution in [2.24, 2.45) is 5.41 Å². The molecule has 0 bridgehead atoms. The SMILES string of the molecule is CC(C)(C)CCCNC(=O)CCS(=O)(=O)c1ccccc1. The third kappa shape index (κ3) is 7.27. The van der Waals surface area contributed by atoms with Crippen LogP contribution in [0, 0.1) is 5.41 Å². The highest BCUT2D eigenvalue weighted by molar-refractivity contribution is 7.91. The van der Waals surface area contributed by atoms with Crippen LogP contribution < -0.4 is 5.32 Å². The zero-order valence-corrected chi connectivity index (χ0v) is 13.9. The van der Waals surface area contributed by atoms with Gasteiger partial charge in [0, 0.05) is 13.0 Å². The number of carbonyl (C=O) groups excluding carboxylic acids is 1. The smallest absolute Gasteiger partial charge is 0.221 e. The summed E-state index contributed by atoms with van der Waals surface area (Å²) in [4.78, 5) is 11.9. The number of carbonyl (C=O) groups is 1. The number of amides is 1. The van der Waals surface area contributed by atoms with Crippen molar-refractivity contribution in [3.63, 3.8) is 0 Å². The van der Waals surface area contributed by atoms with Crippen LogP contribution in [0.5, 0.6) is 0 Å². The van der Waals surface area contributed by atoms with E-state index in [9.17, 15) is 13.2 Å². The van der Waals surface area contributed by atoms with Crippen molar-refractivity contribution in [1.82, 2.24) is 5.32 Å². The van der Waals surface area contributed by atoms with E-state index in [1.165, 1.54) is 0 Å². The van der Waals surface area contributed by atoms with E-state index in [1.807, 2.05) is 0 Å². The minimum absolute atomic E-state index is 0.00669. The van der Waals surface area contributed by atoms with Gasteiger partial charge < -0.3 is 5.32 Å². The highest BCUT2D eigenvalue weighted by atomic mass is 32.2.